The van der Waals surface area contributed by atoms with E-state index < -0.39 is 0 Å². The van der Waals surface area contributed by atoms with Gasteiger partial charge in [-0.25, -0.2) is 0 Å². The van der Waals surface area contributed by atoms with Crippen molar-refractivity contribution >= 4 is 7.92 Å². The van der Waals surface area contributed by atoms with Crippen LogP contribution in [0.15, 0.2) is 0 Å². The Kier molecular flexibility index (Phi) is 3.95. The van der Waals surface area contributed by atoms with Crippen LogP contribution >= 0.6 is 7.92 Å². The van der Waals surface area contributed by atoms with Gasteiger partial charge in [-0.1, -0.05) is 46.4 Å². The molecule has 0 radical (unpaired) electrons. The van der Waals surface area contributed by atoms with E-state index in [1.807, 2.05) is 0 Å². The van der Waals surface area contributed by atoms with Crippen molar-refractivity contribution in [3.05, 3.63) is 0 Å². The molecule has 0 aliphatic heterocycles. The maximum atomic E-state index is 1.74. The molecule has 0 heterocycles. The second-order valence-corrected chi connectivity index (χ2v) is 15.4. The fourth-order valence-electron chi connectivity index (χ4n) is 11.1. The molecule has 0 spiro atoms. The van der Waals surface area contributed by atoms with E-state index in [1.165, 1.54) is 52.7 Å². The van der Waals surface area contributed by atoms with Crippen LogP contribution in [0.5, 0.6) is 0 Å². The molecule has 1 heteroatoms. The highest BCUT2D eigenvalue weighted by atomic mass is 31.1. The molecule has 150 valence electrons. The molecule has 4 atom stereocenters. The van der Waals surface area contributed by atoms with Gasteiger partial charge >= 0.3 is 0 Å². The predicted octanol–water partition coefficient (Wildman–Crippen LogP) is 7.59. The van der Waals surface area contributed by atoms with Crippen LogP contribution in [-0.2, 0) is 0 Å². The summed E-state index contributed by atoms with van der Waals surface area (Å²) in [7, 11) is 0.297. The fraction of sp³-hybridized carbons (Fsp3) is 1.00. The van der Waals surface area contributed by atoms with Gasteiger partial charge < -0.3 is 0 Å². The minimum atomic E-state index is 0.297. The van der Waals surface area contributed by atoms with Crippen LogP contribution in [0.25, 0.3) is 0 Å². The number of rotatable bonds is 3. The minimum Gasteiger partial charge on any atom is -0.0934 e. The Morgan fingerprint density at radius 3 is 1.59 bits per heavy atom. The summed E-state index contributed by atoms with van der Waals surface area (Å²) in [4.78, 5) is 0. The van der Waals surface area contributed by atoms with Crippen molar-refractivity contribution in [3.63, 3.8) is 0 Å². The summed E-state index contributed by atoms with van der Waals surface area (Å²) in [5, 5.41) is 0.920. The molecule has 9 aliphatic rings. The molecule has 0 aromatic carbocycles. The molecular formula is C26H41P. The Bertz CT molecular complexity index is 543. The minimum absolute atomic E-state index is 0.297. The monoisotopic (exact) mass is 384 g/mol. The molecule has 0 amide bonds. The Labute approximate surface area is 168 Å². The van der Waals surface area contributed by atoms with E-state index in [2.05, 4.69) is 0 Å². The van der Waals surface area contributed by atoms with E-state index in [9.17, 15) is 0 Å². The lowest BCUT2D eigenvalue weighted by atomic mass is 9.35. The van der Waals surface area contributed by atoms with Gasteiger partial charge in [0.15, 0.2) is 0 Å². The first-order valence-electron chi connectivity index (χ1n) is 13.1. The molecule has 4 unspecified atom stereocenters. The molecule has 0 nitrogen and oxygen atoms in total. The Hall–Kier alpha value is 0.430. The van der Waals surface area contributed by atoms with Gasteiger partial charge in [0.1, 0.15) is 0 Å². The van der Waals surface area contributed by atoms with Gasteiger partial charge in [-0.2, -0.15) is 0 Å². The molecule has 0 aromatic heterocycles. The van der Waals surface area contributed by atoms with Gasteiger partial charge in [0.25, 0.3) is 0 Å². The van der Waals surface area contributed by atoms with Gasteiger partial charge in [0.2, 0.25) is 0 Å². The van der Waals surface area contributed by atoms with Crippen molar-refractivity contribution in [1.29, 1.82) is 0 Å². The quantitative estimate of drug-likeness (QED) is 0.440. The van der Waals surface area contributed by atoms with Crippen LogP contribution < -0.4 is 0 Å². The molecule has 27 heavy (non-hydrogen) atoms. The van der Waals surface area contributed by atoms with Crippen LogP contribution in [0.2, 0.25) is 0 Å². The largest absolute Gasteiger partial charge is 0.0934 e. The van der Waals surface area contributed by atoms with Crippen molar-refractivity contribution in [3.8, 4) is 0 Å². The van der Waals surface area contributed by atoms with Gasteiger partial charge in [0, 0.05) is 0 Å². The third kappa shape index (κ3) is 2.27. The Morgan fingerprint density at radius 1 is 0.519 bits per heavy atom. The zero-order valence-electron chi connectivity index (χ0n) is 17.5. The highest BCUT2D eigenvalue weighted by Gasteiger charge is 2.72. The highest BCUT2D eigenvalue weighted by molar-refractivity contribution is 7.61. The first-order valence-corrected chi connectivity index (χ1v) is 14.6. The summed E-state index contributed by atoms with van der Waals surface area (Å²) in [5.74, 6) is 8.45. The van der Waals surface area contributed by atoms with Crippen LogP contribution in [0, 0.1) is 41.4 Å². The summed E-state index contributed by atoms with van der Waals surface area (Å²) in [6, 6.07) is 0. The smallest absolute Gasteiger partial charge is 0.00247 e. The lowest BCUT2D eigenvalue weighted by Crippen LogP contribution is -2.71. The van der Waals surface area contributed by atoms with Gasteiger partial charge in [-0.3, -0.25) is 0 Å². The van der Waals surface area contributed by atoms with Gasteiger partial charge in [-0.15, -0.1) is 0 Å². The molecule has 0 saturated heterocycles. The maximum Gasteiger partial charge on any atom is -0.00247 e. The first kappa shape index (κ1) is 17.1. The van der Waals surface area contributed by atoms with Crippen LogP contribution in [-0.4, -0.2) is 16.5 Å². The van der Waals surface area contributed by atoms with Crippen LogP contribution in [0.1, 0.15) is 103 Å². The first-order chi connectivity index (χ1) is 13.3. The van der Waals surface area contributed by atoms with E-state index in [4.69, 9.17) is 0 Å². The van der Waals surface area contributed by atoms with E-state index in [0.717, 1.165) is 5.16 Å². The summed E-state index contributed by atoms with van der Waals surface area (Å²) in [6.07, 6.45) is 26.3. The van der Waals surface area contributed by atoms with Crippen molar-refractivity contribution in [2.45, 2.75) is 119 Å². The van der Waals surface area contributed by atoms with E-state index in [0.29, 0.717) is 7.92 Å². The third-order valence-corrected chi connectivity index (χ3v) is 15.9. The van der Waals surface area contributed by atoms with Gasteiger partial charge in [-0.05, 0) is 122 Å². The Balaban J connectivity index is 1.34. The molecule has 9 rings (SSSR count). The summed E-state index contributed by atoms with van der Waals surface area (Å²) in [6.45, 7) is 0. The molecular weight excluding hydrogens is 343 g/mol. The summed E-state index contributed by atoms with van der Waals surface area (Å²) >= 11 is 0. The van der Waals surface area contributed by atoms with Crippen molar-refractivity contribution in [1.82, 2.24) is 0 Å². The van der Waals surface area contributed by atoms with Crippen LogP contribution in [0.3, 0.4) is 0 Å². The average Bonchev–Trinajstić information content (AvgIpc) is 2.73. The predicted molar refractivity (Wildman–Crippen MR) is 116 cm³/mol. The molecule has 9 saturated carbocycles. The average molecular weight is 385 g/mol. The number of hydrogen-bond donors (Lipinski definition) is 0. The van der Waals surface area contributed by atoms with Crippen molar-refractivity contribution in [2.24, 2.45) is 41.4 Å². The lowest BCUT2D eigenvalue weighted by molar-refractivity contribution is -0.189. The van der Waals surface area contributed by atoms with Gasteiger partial charge in [0.05, 0.1) is 0 Å². The molecule has 9 fully saturated rings. The van der Waals surface area contributed by atoms with Crippen molar-refractivity contribution < 1.29 is 0 Å². The Morgan fingerprint density at radius 2 is 1.04 bits per heavy atom. The summed E-state index contributed by atoms with van der Waals surface area (Å²) in [5.41, 5.74) is 2.40. The second-order valence-electron chi connectivity index (χ2n) is 12.3. The van der Waals surface area contributed by atoms with E-state index in [1.54, 1.807) is 103 Å². The molecule has 9 aliphatic carbocycles. The highest BCUT2D eigenvalue weighted by Crippen LogP contribution is 2.83. The lowest BCUT2D eigenvalue weighted by Gasteiger charge is -2.77. The molecule has 0 aromatic rings. The third-order valence-electron chi connectivity index (χ3n) is 11.4. The second kappa shape index (κ2) is 6.22. The number of hydrogen-bond acceptors (Lipinski definition) is 0. The normalized spacial score (nSPS) is 54.3. The topological polar surface area (TPSA) is 0 Å². The van der Waals surface area contributed by atoms with E-state index in [-0.39, 0.29) is 0 Å². The fourth-order valence-corrected chi connectivity index (χ4v) is 16.7. The standard InChI is InChI=1S/C26H41P/c1-3-7-19(8-4-1)27(20-9-5-2-6-10-20)26-16-18-12-22-21-11-17(14-24(22)26)15-25(26)23(21)13-18/h17-25H,1-16H2. The SMILES string of the molecule is C1CCC(P(C2CCCCC2)C23CC4CC5C6CC(CC52)CC3C6C4)CC1. The molecule has 0 N–H and O–H groups in total. The summed E-state index contributed by atoms with van der Waals surface area (Å²) < 4.78 is 0. The maximum absolute atomic E-state index is 1.74. The van der Waals surface area contributed by atoms with E-state index >= 15 is 0 Å². The zero-order valence-corrected chi connectivity index (χ0v) is 18.4. The zero-order chi connectivity index (χ0) is 17.6. The van der Waals surface area contributed by atoms with Crippen LogP contribution in [0.4, 0.5) is 0 Å². The molecule has 8 bridgehead atoms. The van der Waals surface area contributed by atoms with Crippen molar-refractivity contribution in [2.75, 3.05) is 0 Å².